The van der Waals surface area contributed by atoms with E-state index in [0.717, 1.165) is 17.6 Å². The van der Waals surface area contributed by atoms with Gasteiger partial charge < -0.3 is 5.32 Å². The Morgan fingerprint density at radius 3 is 2.30 bits per heavy atom. The van der Waals surface area contributed by atoms with Crippen LogP contribution in [0.3, 0.4) is 0 Å². The number of rotatable bonds is 4. The molecule has 0 saturated heterocycles. The molecule has 0 amide bonds. The van der Waals surface area contributed by atoms with Gasteiger partial charge >= 0.3 is 0 Å². The summed E-state index contributed by atoms with van der Waals surface area (Å²) >= 11 is 5.74. The highest BCUT2D eigenvalue weighted by molar-refractivity contribution is 7.95. The Hall–Kier alpha value is -2.43. The van der Waals surface area contributed by atoms with E-state index in [1.165, 1.54) is 24.3 Å². The lowest BCUT2D eigenvalue weighted by atomic mass is 10.4. The number of benzene rings is 1. The molecule has 1 N–H and O–H groups in total. The van der Waals surface area contributed by atoms with Crippen LogP contribution in [0.5, 0.6) is 0 Å². The average Bonchev–Trinajstić information content (AvgIpc) is 2.47. The van der Waals surface area contributed by atoms with Gasteiger partial charge in [0.05, 0.1) is 4.90 Å². The SMILES string of the molecule is Cc1cc(C)nc(NC=C(C#N)S(=O)(=O)c2ccc(Cl)cc2)n1. The van der Waals surface area contributed by atoms with Crippen LogP contribution in [0.25, 0.3) is 0 Å². The molecule has 0 saturated carbocycles. The van der Waals surface area contributed by atoms with Crippen molar-refractivity contribution >= 4 is 27.4 Å². The second-order valence-corrected chi connectivity index (χ2v) is 7.05. The number of anilines is 1. The summed E-state index contributed by atoms with van der Waals surface area (Å²) in [7, 11) is -3.93. The van der Waals surface area contributed by atoms with Gasteiger partial charge in [-0.25, -0.2) is 18.4 Å². The Morgan fingerprint density at radius 1 is 1.22 bits per heavy atom. The smallest absolute Gasteiger partial charge is 0.227 e. The Bertz CT molecular complexity index is 880. The normalized spacial score (nSPS) is 11.8. The highest BCUT2D eigenvalue weighted by atomic mass is 35.5. The van der Waals surface area contributed by atoms with Crippen LogP contribution < -0.4 is 5.32 Å². The number of aryl methyl sites for hydroxylation is 2. The van der Waals surface area contributed by atoms with Crippen LogP contribution in [-0.2, 0) is 9.84 Å². The van der Waals surface area contributed by atoms with Gasteiger partial charge in [0.25, 0.3) is 0 Å². The first kappa shape index (κ1) is 16.9. The molecule has 0 radical (unpaired) electrons. The lowest BCUT2D eigenvalue weighted by molar-refractivity contribution is 0.603. The summed E-state index contributed by atoms with van der Waals surface area (Å²) in [6.07, 6.45) is 1.08. The lowest BCUT2D eigenvalue weighted by Gasteiger charge is -2.05. The van der Waals surface area contributed by atoms with Gasteiger partial charge in [0.2, 0.25) is 15.8 Å². The van der Waals surface area contributed by atoms with E-state index in [1.807, 2.05) is 0 Å². The van der Waals surface area contributed by atoms with Gasteiger partial charge in [0.15, 0.2) is 4.91 Å². The summed E-state index contributed by atoms with van der Waals surface area (Å²) in [6.45, 7) is 3.58. The third-order valence-corrected chi connectivity index (χ3v) is 4.77. The summed E-state index contributed by atoms with van der Waals surface area (Å²) in [5.41, 5.74) is 1.46. The van der Waals surface area contributed by atoms with Crippen molar-refractivity contribution in [1.82, 2.24) is 9.97 Å². The van der Waals surface area contributed by atoms with E-state index in [2.05, 4.69) is 15.3 Å². The molecule has 0 bridgehead atoms. The Balaban J connectivity index is 2.35. The van der Waals surface area contributed by atoms with Crippen LogP contribution >= 0.6 is 11.6 Å². The predicted octanol–water partition coefficient (Wildman–Crippen LogP) is 3.00. The van der Waals surface area contributed by atoms with E-state index in [-0.39, 0.29) is 10.8 Å². The molecule has 0 aliphatic carbocycles. The molecule has 23 heavy (non-hydrogen) atoms. The zero-order valence-corrected chi connectivity index (χ0v) is 14.0. The molecular formula is C15H13ClN4O2S. The zero-order chi connectivity index (χ0) is 17.0. The van der Waals surface area contributed by atoms with Crippen molar-refractivity contribution in [3.8, 4) is 6.07 Å². The maximum atomic E-state index is 12.4. The fourth-order valence-corrected chi connectivity index (χ4v) is 3.04. The van der Waals surface area contributed by atoms with E-state index in [4.69, 9.17) is 16.9 Å². The molecular weight excluding hydrogens is 336 g/mol. The van der Waals surface area contributed by atoms with Crippen molar-refractivity contribution in [3.05, 3.63) is 57.8 Å². The quantitative estimate of drug-likeness (QED) is 0.853. The lowest BCUT2D eigenvalue weighted by Crippen LogP contribution is -2.07. The molecule has 2 aromatic rings. The van der Waals surface area contributed by atoms with Crippen LogP contribution in [-0.4, -0.2) is 18.4 Å². The number of allylic oxidation sites excluding steroid dienone is 1. The standard InChI is InChI=1S/C15H13ClN4O2S/c1-10-7-11(2)20-15(19-10)18-9-14(8-17)23(21,22)13-5-3-12(16)4-6-13/h3-7,9H,1-2H3,(H,18,19,20). The molecule has 6 nitrogen and oxygen atoms in total. The Kier molecular flexibility index (Phi) is 4.98. The Labute approximate surface area is 139 Å². The third-order valence-electron chi connectivity index (χ3n) is 2.84. The maximum Gasteiger partial charge on any atom is 0.227 e. The van der Waals surface area contributed by atoms with Gasteiger partial charge in [0.1, 0.15) is 6.07 Å². The second kappa shape index (κ2) is 6.77. The highest BCUT2D eigenvalue weighted by Crippen LogP contribution is 2.21. The van der Waals surface area contributed by atoms with Crippen LogP contribution in [0.15, 0.2) is 46.3 Å². The summed E-state index contributed by atoms with van der Waals surface area (Å²) in [5, 5.41) is 12.2. The minimum atomic E-state index is -3.93. The number of nitriles is 1. The predicted molar refractivity (Wildman–Crippen MR) is 87.5 cm³/mol. The molecule has 0 unspecified atom stereocenters. The summed E-state index contributed by atoms with van der Waals surface area (Å²) in [5.74, 6) is 0.224. The van der Waals surface area contributed by atoms with Crippen molar-refractivity contribution in [1.29, 1.82) is 5.26 Å². The number of hydrogen-bond donors (Lipinski definition) is 1. The first-order chi connectivity index (χ1) is 10.8. The molecule has 118 valence electrons. The topological polar surface area (TPSA) is 95.7 Å². The van der Waals surface area contributed by atoms with Crippen molar-refractivity contribution in [2.45, 2.75) is 18.7 Å². The van der Waals surface area contributed by atoms with Crippen LogP contribution in [0.4, 0.5) is 5.95 Å². The summed E-state index contributed by atoms with van der Waals surface area (Å²) in [4.78, 5) is 7.78. The zero-order valence-electron chi connectivity index (χ0n) is 12.4. The summed E-state index contributed by atoms with van der Waals surface area (Å²) < 4.78 is 24.8. The fourth-order valence-electron chi connectivity index (χ4n) is 1.83. The molecule has 1 aromatic heterocycles. The highest BCUT2D eigenvalue weighted by Gasteiger charge is 2.20. The Morgan fingerprint density at radius 2 is 1.78 bits per heavy atom. The number of sulfone groups is 1. The first-order valence-corrected chi connectivity index (χ1v) is 8.39. The monoisotopic (exact) mass is 348 g/mol. The number of hydrogen-bond acceptors (Lipinski definition) is 6. The fraction of sp³-hybridized carbons (Fsp3) is 0.133. The van der Waals surface area contributed by atoms with E-state index >= 15 is 0 Å². The van der Waals surface area contributed by atoms with Crippen molar-refractivity contribution in [2.75, 3.05) is 5.32 Å². The molecule has 0 atom stereocenters. The molecule has 1 heterocycles. The molecule has 0 aliphatic rings. The maximum absolute atomic E-state index is 12.4. The van der Waals surface area contributed by atoms with E-state index in [0.29, 0.717) is 5.02 Å². The molecule has 1 aromatic carbocycles. The van der Waals surface area contributed by atoms with Crippen molar-refractivity contribution < 1.29 is 8.42 Å². The van der Waals surface area contributed by atoms with Crippen molar-refractivity contribution in [3.63, 3.8) is 0 Å². The van der Waals surface area contributed by atoms with Crippen LogP contribution in [0.1, 0.15) is 11.4 Å². The molecule has 0 fully saturated rings. The number of nitrogens with zero attached hydrogens (tertiary/aromatic N) is 3. The van der Waals surface area contributed by atoms with Crippen LogP contribution in [0.2, 0.25) is 5.02 Å². The summed E-state index contributed by atoms with van der Waals surface area (Å²) in [6, 6.07) is 9.04. The van der Waals surface area contributed by atoms with Crippen LogP contribution in [0, 0.1) is 25.2 Å². The second-order valence-electron chi connectivity index (χ2n) is 4.70. The number of nitrogens with one attached hydrogen (secondary N) is 1. The van der Waals surface area contributed by atoms with Gasteiger partial charge in [-0.15, -0.1) is 0 Å². The van der Waals surface area contributed by atoms with Gasteiger partial charge in [-0.1, -0.05) is 11.6 Å². The minimum Gasteiger partial charge on any atom is -0.329 e. The first-order valence-electron chi connectivity index (χ1n) is 6.52. The molecule has 8 heteroatoms. The largest absolute Gasteiger partial charge is 0.329 e. The molecule has 0 spiro atoms. The third kappa shape index (κ3) is 4.06. The molecule has 2 rings (SSSR count). The van der Waals surface area contributed by atoms with E-state index < -0.39 is 14.7 Å². The van der Waals surface area contributed by atoms with E-state index in [9.17, 15) is 8.42 Å². The van der Waals surface area contributed by atoms with Gasteiger partial charge in [-0.2, -0.15) is 5.26 Å². The average molecular weight is 349 g/mol. The van der Waals surface area contributed by atoms with Gasteiger partial charge in [-0.3, -0.25) is 0 Å². The molecule has 0 aliphatic heterocycles. The number of halogens is 1. The van der Waals surface area contributed by atoms with Gasteiger partial charge in [-0.05, 0) is 44.2 Å². The minimum absolute atomic E-state index is 0.0159. The van der Waals surface area contributed by atoms with Gasteiger partial charge in [0, 0.05) is 22.6 Å². The van der Waals surface area contributed by atoms with E-state index in [1.54, 1.807) is 26.0 Å². The number of aromatic nitrogens is 2. The van der Waals surface area contributed by atoms with Crippen molar-refractivity contribution in [2.24, 2.45) is 0 Å².